The minimum absolute atomic E-state index is 0.0813. The van der Waals surface area contributed by atoms with Gasteiger partial charge >= 0.3 is 5.97 Å². The first kappa shape index (κ1) is 19.1. The first-order valence-corrected chi connectivity index (χ1v) is 9.85. The summed E-state index contributed by atoms with van der Waals surface area (Å²) in [6, 6.07) is 23.0. The fourth-order valence-electron chi connectivity index (χ4n) is 2.91. The zero-order valence-electron chi connectivity index (χ0n) is 15.5. The first-order valence-electron chi connectivity index (χ1n) is 8.86. The number of aryl methyl sites for hydroxylation is 2. The molecule has 4 heteroatoms. The standard InChI is InChI=1S/C23H23NO2S/c1-16-6-7-17(2)22(12-16)19-5-3-4-18(13-19)14-24-20-8-10-21(11-9-20)27-15-23(25)26/h3-13,24H,14-15H2,1-2H3,(H,25,26). The number of nitrogens with one attached hydrogen (secondary N) is 1. The predicted octanol–water partition coefficient (Wildman–Crippen LogP) is 5.76. The lowest BCUT2D eigenvalue weighted by Gasteiger charge is -2.11. The molecule has 0 saturated heterocycles. The molecule has 0 saturated carbocycles. The van der Waals surface area contributed by atoms with Crippen molar-refractivity contribution in [1.29, 1.82) is 0 Å². The van der Waals surface area contributed by atoms with E-state index in [4.69, 9.17) is 5.11 Å². The number of anilines is 1. The Morgan fingerprint density at radius 3 is 2.52 bits per heavy atom. The highest BCUT2D eigenvalue weighted by Gasteiger charge is 2.04. The van der Waals surface area contributed by atoms with E-state index in [2.05, 4.69) is 61.6 Å². The average molecular weight is 378 g/mol. The summed E-state index contributed by atoms with van der Waals surface area (Å²) >= 11 is 1.33. The molecule has 0 bridgehead atoms. The molecule has 0 radical (unpaired) electrons. The number of hydrogen-bond acceptors (Lipinski definition) is 3. The third-order valence-corrected chi connectivity index (χ3v) is 5.34. The number of aliphatic carboxylic acids is 1. The van der Waals surface area contributed by atoms with Crippen molar-refractivity contribution in [3.05, 3.63) is 83.4 Å². The van der Waals surface area contributed by atoms with E-state index < -0.39 is 5.97 Å². The molecule has 0 fully saturated rings. The van der Waals surface area contributed by atoms with Gasteiger partial charge in [0.2, 0.25) is 0 Å². The monoisotopic (exact) mass is 377 g/mol. The molecule has 0 aromatic heterocycles. The quantitative estimate of drug-likeness (QED) is 0.514. The van der Waals surface area contributed by atoms with Crippen molar-refractivity contribution < 1.29 is 9.90 Å². The molecule has 3 aromatic carbocycles. The Morgan fingerprint density at radius 2 is 1.78 bits per heavy atom. The van der Waals surface area contributed by atoms with E-state index in [-0.39, 0.29) is 5.75 Å². The lowest BCUT2D eigenvalue weighted by molar-refractivity contribution is -0.133. The Kier molecular flexibility index (Phi) is 6.20. The van der Waals surface area contributed by atoms with Crippen molar-refractivity contribution in [3.8, 4) is 11.1 Å². The maximum Gasteiger partial charge on any atom is 0.313 e. The van der Waals surface area contributed by atoms with Crippen LogP contribution in [0.5, 0.6) is 0 Å². The molecule has 0 spiro atoms. The maximum atomic E-state index is 10.6. The molecule has 2 N–H and O–H groups in total. The number of carbonyl (C=O) groups is 1. The summed E-state index contributed by atoms with van der Waals surface area (Å²) in [6.45, 7) is 5.00. The van der Waals surface area contributed by atoms with Gasteiger partial charge in [-0.25, -0.2) is 0 Å². The van der Waals surface area contributed by atoms with Crippen LogP contribution in [0.3, 0.4) is 0 Å². The van der Waals surface area contributed by atoms with E-state index in [0.717, 1.165) is 17.1 Å². The van der Waals surface area contributed by atoms with Crippen LogP contribution in [0, 0.1) is 13.8 Å². The summed E-state index contributed by atoms with van der Waals surface area (Å²) in [4.78, 5) is 11.6. The molecule has 0 amide bonds. The lowest BCUT2D eigenvalue weighted by Crippen LogP contribution is -2.00. The minimum Gasteiger partial charge on any atom is -0.481 e. The zero-order chi connectivity index (χ0) is 19.2. The summed E-state index contributed by atoms with van der Waals surface area (Å²) in [6.07, 6.45) is 0. The van der Waals surface area contributed by atoms with Crippen molar-refractivity contribution in [2.75, 3.05) is 11.1 Å². The Labute approximate surface area is 164 Å². The van der Waals surface area contributed by atoms with Crippen LogP contribution in [-0.4, -0.2) is 16.8 Å². The van der Waals surface area contributed by atoms with Gasteiger partial charge in [0.05, 0.1) is 5.75 Å². The normalized spacial score (nSPS) is 10.6. The SMILES string of the molecule is Cc1ccc(C)c(-c2cccc(CNc3ccc(SCC(=O)O)cc3)c2)c1. The lowest BCUT2D eigenvalue weighted by atomic mass is 9.97. The van der Waals surface area contributed by atoms with Gasteiger partial charge in [-0.2, -0.15) is 0 Å². The molecule has 0 atom stereocenters. The second-order valence-electron chi connectivity index (χ2n) is 6.58. The topological polar surface area (TPSA) is 49.3 Å². The number of thioether (sulfide) groups is 1. The van der Waals surface area contributed by atoms with Crippen molar-refractivity contribution in [1.82, 2.24) is 0 Å². The van der Waals surface area contributed by atoms with E-state index in [9.17, 15) is 4.79 Å². The third-order valence-electron chi connectivity index (χ3n) is 4.34. The minimum atomic E-state index is -0.800. The fraction of sp³-hybridized carbons (Fsp3) is 0.174. The molecular weight excluding hydrogens is 354 g/mol. The van der Waals surface area contributed by atoms with Crippen LogP contribution in [0.4, 0.5) is 5.69 Å². The number of carboxylic acids is 1. The molecule has 0 aliphatic rings. The van der Waals surface area contributed by atoms with Crippen molar-refractivity contribution >= 4 is 23.4 Å². The summed E-state index contributed by atoms with van der Waals surface area (Å²) < 4.78 is 0. The van der Waals surface area contributed by atoms with Gasteiger partial charge in [-0.3, -0.25) is 4.79 Å². The second-order valence-corrected chi connectivity index (χ2v) is 7.63. The molecule has 0 unspecified atom stereocenters. The molecule has 0 aliphatic heterocycles. The Morgan fingerprint density at radius 1 is 1.00 bits per heavy atom. The van der Waals surface area contributed by atoms with Gasteiger partial charge in [0.1, 0.15) is 0 Å². The largest absolute Gasteiger partial charge is 0.481 e. The molecule has 3 nitrogen and oxygen atoms in total. The van der Waals surface area contributed by atoms with Crippen molar-refractivity contribution in [2.24, 2.45) is 0 Å². The fourth-order valence-corrected chi connectivity index (χ4v) is 3.53. The van der Waals surface area contributed by atoms with Crippen molar-refractivity contribution in [3.63, 3.8) is 0 Å². The third kappa shape index (κ3) is 5.38. The first-order chi connectivity index (χ1) is 13.0. The molecule has 3 rings (SSSR count). The molecule has 27 heavy (non-hydrogen) atoms. The summed E-state index contributed by atoms with van der Waals surface area (Å²) in [5.41, 5.74) is 7.29. The smallest absolute Gasteiger partial charge is 0.313 e. The Bertz CT molecular complexity index is 935. The van der Waals surface area contributed by atoms with Crippen LogP contribution in [0.25, 0.3) is 11.1 Å². The Balaban J connectivity index is 1.66. The second kappa shape index (κ2) is 8.78. The highest BCUT2D eigenvalue weighted by Crippen LogP contribution is 2.26. The van der Waals surface area contributed by atoms with Crippen LogP contribution in [0.2, 0.25) is 0 Å². The molecule has 3 aromatic rings. The van der Waals surface area contributed by atoms with E-state index in [1.807, 2.05) is 24.3 Å². The summed E-state index contributed by atoms with van der Waals surface area (Å²) in [7, 11) is 0. The summed E-state index contributed by atoms with van der Waals surface area (Å²) in [5, 5.41) is 12.2. The Hall–Kier alpha value is -2.72. The summed E-state index contributed by atoms with van der Waals surface area (Å²) in [5.74, 6) is -0.719. The van der Waals surface area contributed by atoms with Crippen LogP contribution in [0.15, 0.2) is 71.6 Å². The maximum absolute atomic E-state index is 10.6. The molecular formula is C23H23NO2S. The van der Waals surface area contributed by atoms with E-state index >= 15 is 0 Å². The van der Waals surface area contributed by atoms with Gasteiger partial charge in [-0.1, -0.05) is 42.0 Å². The average Bonchev–Trinajstić information content (AvgIpc) is 2.67. The van der Waals surface area contributed by atoms with Crippen LogP contribution in [-0.2, 0) is 11.3 Å². The number of hydrogen-bond donors (Lipinski definition) is 2. The van der Waals surface area contributed by atoms with Gasteiger partial charge in [0, 0.05) is 17.1 Å². The number of rotatable bonds is 7. The molecule has 0 aliphatic carbocycles. The van der Waals surface area contributed by atoms with E-state index in [0.29, 0.717) is 0 Å². The zero-order valence-corrected chi connectivity index (χ0v) is 16.3. The van der Waals surface area contributed by atoms with Gasteiger partial charge < -0.3 is 10.4 Å². The highest BCUT2D eigenvalue weighted by molar-refractivity contribution is 8.00. The van der Waals surface area contributed by atoms with Crippen molar-refractivity contribution in [2.45, 2.75) is 25.3 Å². The number of carboxylic acid groups (broad SMARTS) is 1. The van der Waals surface area contributed by atoms with E-state index in [1.165, 1.54) is 39.6 Å². The van der Waals surface area contributed by atoms with Crippen LogP contribution < -0.4 is 5.32 Å². The number of benzene rings is 3. The van der Waals surface area contributed by atoms with Gasteiger partial charge in [-0.15, -0.1) is 11.8 Å². The van der Waals surface area contributed by atoms with Crippen LogP contribution >= 0.6 is 11.8 Å². The highest BCUT2D eigenvalue weighted by atomic mass is 32.2. The van der Waals surface area contributed by atoms with Gasteiger partial charge in [-0.05, 0) is 66.4 Å². The van der Waals surface area contributed by atoms with Gasteiger partial charge in [0.25, 0.3) is 0 Å². The predicted molar refractivity (Wildman–Crippen MR) is 113 cm³/mol. The van der Waals surface area contributed by atoms with Gasteiger partial charge in [0.15, 0.2) is 0 Å². The molecule has 0 heterocycles. The van der Waals surface area contributed by atoms with E-state index in [1.54, 1.807) is 0 Å². The molecule has 138 valence electrons. The van der Waals surface area contributed by atoms with Crippen LogP contribution in [0.1, 0.15) is 16.7 Å².